The van der Waals surface area contributed by atoms with E-state index in [-0.39, 0.29) is 11.7 Å². The van der Waals surface area contributed by atoms with Crippen LogP contribution in [0.5, 0.6) is 0 Å². The average Bonchev–Trinajstić information content (AvgIpc) is 2.68. The summed E-state index contributed by atoms with van der Waals surface area (Å²) in [5, 5.41) is 17.7. The van der Waals surface area contributed by atoms with E-state index >= 15 is 0 Å². The molecule has 0 saturated carbocycles. The maximum atomic E-state index is 10.7. The summed E-state index contributed by atoms with van der Waals surface area (Å²) in [5.41, 5.74) is 11.7. The molecule has 0 aromatic carbocycles. The first-order valence-corrected chi connectivity index (χ1v) is 8.93. The van der Waals surface area contributed by atoms with Crippen LogP contribution in [0.25, 0.3) is 0 Å². The maximum Gasteiger partial charge on any atom is 0.318 e. The van der Waals surface area contributed by atoms with Gasteiger partial charge in [-0.2, -0.15) is 20.2 Å². The standard InChI is InChI=1S/C9H16N6O2S3/c10-7(11)3-9-14-6(5-19-9)4-18-2-1-8(12)15-20(13,16)17/h3,5,14H,1-2,4H2,(H3,10,11)(H2,12,15)(H2,13,16,17). The van der Waals surface area contributed by atoms with Crippen LogP contribution in [0.4, 0.5) is 0 Å². The monoisotopic (exact) mass is 336 g/mol. The Kier molecular flexibility index (Phi) is 6.39. The Bertz CT molecular complexity index is 566. The molecule has 0 aliphatic carbocycles. The van der Waals surface area contributed by atoms with Crippen molar-refractivity contribution in [1.82, 2.24) is 5.32 Å². The van der Waals surface area contributed by atoms with Gasteiger partial charge >= 0.3 is 10.2 Å². The molecule has 0 radical (unpaired) electrons. The van der Waals surface area contributed by atoms with E-state index < -0.39 is 10.2 Å². The minimum atomic E-state index is -3.91. The number of nitrogens with two attached hydrogens (primary N) is 3. The van der Waals surface area contributed by atoms with Gasteiger partial charge in [0.05, 0.1) is 5.03 Å². The van der Waals surface area contributed by atoms with Crippen LogP contribution >= 0.6 is 23.5 Å². The van der Waals surface area contributed by atoms with Crippen molar-refractivity contribution >= 4 is 45.4 Å². The Morgan fingerprint density at radius 3 is 2.85 bits per heavy atom. The fraction of sp³-hybridized carbons (Fsp3) is 0.333. The molecule has 0 aromatic heterocycles. The first kappa shape index (κ1) is 16.9. The van der Waals surface area contributed by atoms with Crippen molar-refractivity contribution in [3.63, 3.8) is 0 Å². The van der Waals surface area contributed by atoms with Crippen molar-refractivity contribution in [2.75, 3.05) is 11.5 Å². The van der Waals surface area contributed by atoms with Gasteiger partial charge in [0.2, 0.25) is 0 Å². The predicted molar refractivity (Wildman–Crippen MR) is 85.5 cm³/mol. The minimum Gasteiger partial charge on any atom is -0.386 e. The number of hydrogen-bond donors (Lipinski definition) is 5. The summed E-state index contributed by atoms with van der Waals surface area (Å²) in [6, 6.07) is 0. The van der Waals surface area contributed by atoms with Gasteiger partial charge in [-0.05, 0) is 5.41 Å². The van der Waals surface area contributed by atoms with Crippen molar-refractivity contribution in [2.24, 2.45) is 21.0 Å². The molecular weight excluding hydrogens is 320 g/mol. The Labute approximate surface area is 126 Å². The Balaban J connectivity index is 2.27. The number of hydrogen-bond acceptors (Lipinski definition) is 6. The van der Waals surface area contributed by atoms with Gasteiger partial charge in [-0.3, -0.25) is 5.41 Å². The molecule has 0 spiro atoms. The van der Waals surface area contributed by atoms with Crippen molar-refractivity contribution in [3.8, 4) is 0 Å². The lowest BCUT2D eigenvalue weighted by Crippen LogP contribution is -2.19. The zero-order valence-electron chi connectivity index (χ0n) is 10.5. The van der Waals surface area contributed by atoms with Crippen LogP contribution in [0.15, 0.2) is 26.6 Å². The molecule has 112 valence electrons. The van der Waals surface area contributed by atoms with Crippen molar-refractivity contribution < 1.29 is 8.42 Å². The van der Waals surface area contributed by atoms with E-state index in [1.54, 1.807) is 11.8 Å². The Morgan fingerprint density at radius 2 is 2.25 bits per heavy atom. The van der Waals surface area contributed by atoms with Crippen LogP contribution in [-0.2, 0) is 10.2 Å². The molecule has 0 unspecified atom stereocenters. The normalized spacial score (nSPS) is 17.9. The molecule has 0 saturated heterocycles. The number of amidine groups is 2. The van der Waals surface area contributed by atoms with E-state index in [0.29, 0.717) is 17.9 Å². The third-order valence-corrected chi connectivity index (χ3v) is 4.28. The first-order chi connectivity index (χ1) is 9.26. The lowest BCUT2D eigenvalue weighted by Gasteiger charge is -2.04. The van der Waals surface area contributed by atoms with E-state index in [2.05, 4.69) is 9.71 Å². The van der Waals surface area contributed by atoms with Gasteiger partial charge in [0, 0.05) is 29.7 Å². The summed E-state index contributed by atoms with van der Waals surface area (Å²) in [4.78, 5) is 0. The van der Waals surface area contributed by atoms with Gasteiger partial charge in [-0.15, -0.1) is 4.40 Å². The van der Waals surface area contributed by atoms with Gasteiger partial charge in [-0.25, -0.2) is 5.14 Å². The minimum absolute atomic E-state index is 0.0000924. The molecule has 8 nitrogen and oxygen atoms in total. The lowest BCUT2D eigenvalue weighted by molar-refractivity contribution is 0.599. The highest BCUT2D eigenvalue weighted by molar-refractivity contribution is 8.06. The molecule has 1 aliphatic heterocycles. The fourth-order valence-electron chi connectivity index (χ4n) is 1.20. The van der Waals surface area contributed by atoms with E-state index in [1.807, 2.05) is 5.41 Å². The number of nitrogens with zero attached hydrogens (tertiary/aromatic N) is 1. The molecule has 0 amide bonds. The van der Waals surface area contributed by atoms with E-state index in [0.717, 1.165) is 10.7 Å². The molecule has 1 rings (SSSR count). The van der Waals surface area contributed by atoms with Gasteiger partial charge in [-0.1, -0.05) is 11.8 Å². The second-order valence-corrected chi connectivity index (χ2v) is 6.98. The molecule has 1 heterocycles. The van der Waals surface area contributed by atoms with Gasteiger partial charge in [0.15, 0.2) is 0 Å². The number of rotatable bonds is 7. The average molecular weight is 336 g/mol. The van der Waals surface area contributed by atoms with Crippen LogP contribution in [-0.4, -0.2) is 31.6 Å². The molecule has 8 N–H and O–H groups in total. The van der Waals surface area contributed by atoms with Gasteiger partial charge in [0.1, 0.15) is 11.7 Å². The zero-order chi connectivity index (χ0) is 15.2. The van der Waals surface area contributed by atoms with Crippen LogP contribution in [0, 0.1) is 5.41 Å². The Morgan fingerprint density at radius 1 is 1.55 bits per heavy atom. The van der Waals surface area contributed by atoms with Crippen LogP contribution in [0.1, 0.15) is 6.42 Å². The summed E-state index contributed by atoms with van der Waals surface area (Å²) >= 11 is 3.03. The maximum absolute atomic E-state index is 10.7. The highest BCUT2D eigenvalue weighted by Crippen LogP contribution is 2.25. The van der Waals surface area contributed by atoms with Crippen molar-refractivity contribution in [3.05, 3.63) is 22.2 Å². The number of nitrogens with one attached hydrogen (secondary N) is 2. The molecule has 0 bridgehead atoms. The Hall–Kier alpha value is -1.17. The zero-order valence-corrected chi connectivity index (χ0v) is 12.9. The second kappa shape index (κ2) is 7.57. The predicted octanol–water partition coefficient (Wildman–Crippen LogP) is -0.374. The summed E-state index contributed by atoms with van der Waals surface area (Å²) in [5.74, 6) is 1.33. The SMILES string of the molecule is N=C(N)C=C1NC(CSCCC(N)=NS(N)(=O)=O)=CS1. The molecule has 0 fully saturated rings. The highest BCUT2D eigenvalue weighted by atomic mass is 32.2. The van der Waals surface area contributed by atoms with Crippen molar-refractivity contribution in [2.45, 2.75) is 6.42 Å². The topological polar surface area (TPSA) is 160 Å². The van der Waals surface area contributed by atoms with Gasteiger partial charge in [0.25, 0.3) is 0 Å². The molecule has 20 heavy (non-hydrogen) atoms. The quantitative estimate of drug-likeness (QED) is 0.241. The lowest BCUT2D eigenvalue weighted by atomic mass is 10.5. The number of thioether (sulfide) groups is 2. The van der Waals surface area contributed by atoms with E-state index in [9.17, 15) is 8.42 Å². The highest BCUT2D eigenvalue weighted by Gasteiger charge is 2.10. The molecule has 11 heteroatoms. The van der Waals surface area contributed by atoms with E-state index in [1.165, 1.54) is 17.8 Å². The molecule has 0 atom stereocenters. The molecule has 0 aromatic rings. The third-order valence-electron chi connectivity index (χ3n) is 1.90. The molecule has 1 aliphatic rings. The van der Waals surface area contributed by atoms with Crippen LogP contribution in [0.2, 0.25) is 0 Å². The summed E-state index contributed by atoms with van der Waals surface area (Å²) < 4.78 is 24.5. The summed E-state index contributed by atoms with van der Waals surface area (Å²) in [6.07, 6.45) is 1.88. The summed E-state index contributed by atoms with van der Waals surface area (Å²) in [7, 11) is -3.91. The summed E-state index contributed by atoms with van der Waals surface area (Å²) in [6.45, 7) is 0. The third kappa shape index (κ3) is 7.43. The largest absolute Gasteiger partial charge is 0.386 e. The smallest absolute Gasteiger partial charge is 0.318 e. The first-order valence-electron chi connectivity index (χ1n) is 5.39. The van der Waals surface area contributed by atoms with Gasteiger partial charge < -0.3 is 16.8 Å². The van der Waals surface area contributed by atoms with Crippen LogP contribution in [0.3, 0.4) is 0 Å². The van der Waals surface area contributed by atoms with Crippen LogP contribution < -0.4 is 21.9 Å². The fourth-order valence-corrected chi connectivity index (χ4v) is 3.39. The van der Waals surface area contributed by atoms with E-state index in [4.69, 9.17) is 22.0 Å². The second-order valence-electron chi connectivity index (χ2n) is 3.75. The van der Waals surface area contributed by atoms with Crippen molar-refractivity contribution in [1.29, 1.82) is 5.41 Å². The molecular formula is C9H16N6O2S3.